The number of aliphatic hydroxyl groups excluding tert-OH is 2. The molecule has 0 aliphatic rings. The molecule has 0 amide bonds. The fourth-order valence-corrected chi connectivity index (χ4v) is 1.88. The zero-order chi connectivity index (χ0) is 14.4. The van der Waals surface area contributed by atoms with Crippen molar-refractivity contribution in [3.63, 3.8) is 0 Å². The third-order valence-electron chi connectivity index (χ3n) is 3.09. The topological polar surface area (TPSA) is 75.7 Å². The van der Waals surface area contributed by atoms with E-state index in [1.165, 1.54) is 0 Å². The lowest BCUT2D eigenvalue weighted by Gasteiger charge is -2.13. The molecule has 0 radical (unpaired) electrons. The van der Waals surface area contributed by atoms with Crippen LogP contribution in [-0.2, 0) is 13.2 Å². The van der Waals surface area contributed by atoms with Crippen molar-refractivity contribution in [2.45, 2.75) is 19.3 Å². The van der Waals surface area contributed by atoms with Gasteiger partial charge in [-0.3, -0.25) is 0 Å². The van der Waals surface area contributed by atoms with E-state index in [0.717, 1.165) is 16.7 Å². The highest BCUT2D eigenvalue weighted by atomic mass is 16.5. The molecule has 2 aromatic rings. The second kappa shape index (κ2) is 7.05. The third kappa shape index (κ3) is 3.81. The van der Waals surface area contributed by atoms with Gasteiger partial charge in [-0.05, 0) is 28.8 Å². The van der Waals surface area contributed by atoms with Crippen LogP contribution in [0.4, 0.5) is 0 Å². The minimum atomic E-state index is -0.695. The molecule has 0 spiro atoms. The highest BCUT2D eigenvalue weighted by Crippen LogP contribution is 2.18. The second-order valence-electron chi connectivity index (χ2n) is 4.58. The first-order chi connectivity index (χ1) is 9.72. The van der Waals surface area contributed by atoms with Crippen LogP contribution in [0.15, 0.2) is 48.5 Å². The van der Waals surface area contributed by atoms with Gasteiger partial charge in [0.05, 0.1) is 6.61 Å². The van der Waals surface area contributed by atoms with Crippen molar-refractivity contribution in [1.82, 2.24) is 0 Å². The van der Waals surface area contributed by atoms with Crippen LogP contribution in [0, 0.1) is 0 Å². The fourth-order valence-electron chi connectivity index (χ4n) is 1.88. The molecule has 106 valence electrons. The van der Waals surface area contributed by atoms with Crippen molar-refractivity contribution in [1.29, 1.82) is 0 Å². The molecule has 0 saturated carbocycles. The molecule has 0 fully saturated rings. The summed E-state index contributed by atoms with van der Waals surface area (Å²) in [5.41, 5.74) is 8.13. The van der Waals surface area contributed by atoms with Crippen molar-refractivity contribution >= 4 is 0 Å². The molecule has 20 heavy (non-hydrogen) atoms. The molecule has 0 bridgehead atoms. The number of hydrogen-bond donors (Lipinski definition) is 3. The summed E-state index contributed by atoms with van der Waals surface area (Å²) in [5, 5.41) is 19.1. The summed E-state index contributed by atoms with van der Waals surface area (Å²) in [6.45, 7) is 0.623. The van der Waals surface area contributed by atoms with E-state index < -0.39 is 6.10 Å². The predicted molar refractivity (Wildman–Crippen MR) is 77.2 cm³/mol. The Balaban J connectivity index is 1.95. The average molecular weight is 273 g/mol. The molecular formula is C16H19NO3. The standard InChI is InChI=1S/C16H19NO3/c17-9-12-4-6-14(7-5-12)16(19)11-20-15-3-1-2-13(8-15)10-18/h1-8,16,18-19H,9-11,17H2. The molecule has 2 rings (SSSR count). The van der Waals surface area contributed by atoms with Gasteiger partial charge in [0, 0.05) is 6.54 Å². The maximum absolute atomic E-state index is 10.1. The molecule has 4 N–H and O–H groups in total. The first-order valence-electron chi connectivity index (χ1n) is 6.52. The lowest BCUT2D eigenvalue weighted by molar-refractivity contribution is 0.108. The largest absolute Gasteiger partial charge is 0.491 e. The van der Waals surface area contributed by atoms with Gasteiger partial charge in [-0.2, -0.15) is 0 Å². The van der Waals surface area contributed by atoms with Gasteiger partial charge in [-0.25, -0.2) is 0 Å². The molecule has 1 unspecified atom stereocenters. The summed E-state index contributed by atoms with van der Waals surface area (Å²) in [7, 11) is 0. The number of benzene rings is 2. The Bertz CT molecular complexity index is 540. The van der Waals surface area contributed by atoms with Crippen LogP contribution >= 0.6 is 0 Å². The van der Waals surface area contributed by atoms with E-state index in [4.69, 9.17) is 15.6 Å². The van der Waals surface area contributed by atoms with Gasteiger partial charge < -0.3 is 20.7 Å². The summed E-state index contributed by atoms with van der Waals surface area (Å²) >= 11 is 0. The van der Waals surface area contributed by atoms with E-state index in [1.807, 2.05) is 36.4 Å². The number of aliphatic hydroxyl groups is 2. The van der Waals surface area contributed by atoms with E-state index in [0.29, 0.717) is 12.3 Å². The van der Waals surface area contributed by atoms with Crippen molar-refractivity contribution in [2.24, 2.45) is 5.73 Å². The van der Waals surface area contributed by atoms with E-state index in [9.17, 15) is 5.11 Å². The fraction of sp³-hybridized carbons (Fsp3) is 0.250. The zero-order valence-corrected chi connectivity index (χ0v) is 11.2. The lowest BCUT2D eigenvalue weighted by Crippen LogP contribution is -2.10. The molecule has 0 heterocycles. The molecule has 1 atom stereocenters. The van der Waals surface area contributed by atoms with Crippen molar-refractivity contribution in [3.8, 4) is 5.75 Å². The minimum Gasteiger partial charge on any atom is -0.491 e. The third-order valence-corrected chi connectivity index (χ3v) is 3.09. The van der Waals surface area contributed by atoms with Crippen LogP contribution in [0.1, 0.15) is 22.8 Å². The molecule has 2 aromatic carbocycles. The number of rotatable bonds is 6. The number of hydrogen-bond acceptors (Lipinski definition) is 4. The van der Waals surface area contributed by atoms with Crippen LogP contribution in [0.5, 0.6) is 5.75 Å². The van der Waals surface area contributed by atoms with Gasteiger partial charge in [0.2, 0.25) is 0 Å². The summed E-state index contributed by atoms with van der Waals surface area (Å²) in [5.74, 6) is 0.633. The van der Waals surface area contributed by atoms with Crippen LogP contribution in [0.2, 0.25) is 0 Å². The Kier molecular flexibility index (Phi) is 5.12. The summed E-state index contributed by atoms with van der Waals surface area (Å²) < 4.78 is 5.54. The van der Waals surface area contributed by atoms with Gasteiger partial charge in [0.15, 0.2) is 0 Å². The van der Waals surface area contributed by atoms with Crippen molar-refractivity contribution in [2.75, 3.05) is 6.61 Å². The molecule has 0 aromatic heterocycles. The Morgan fingerprint density at radius 1 is 1.05 bits per heavy atom. The van der Waals surface area contributed by atoms with Crippen molar-refractivity contribution < 1.29 is 14.9 Å². The Hall–Kier alpha value is -1.88. The quantitative estimate of drug-likeness (QED) is 0.749. The van der Waals surface area contributed by atoms with Gasteiger partial charge in [0.1, 0.15) is 18.5 Å². The van der Waals surface area contributed by atoms with E-state index in [-0.39, 0.29) is 13.2 Å². The molecular weight excluding hydrogens is 254 g/mol. The highest BCUT2D eigenvalue weighted by molar-refractivity contribution is 5.28. The van der Waals surface area contributed by atoms with Crippen LogP contribution in [-0.4, -0.2) is 16.8 Å². The van der Waals surface area contributed by atoms with Gasteiger partial charge in [-0.1, -0.05) is 36.4 Å². The predicted octanol–water partition coefficient (Wildman–Crippen LogP) is 1.75. The van der Waals surface area contributed by atoms with Crippen LogP contribution < -0.4 is 10.5 Å². The van der Waals surface area contributed by atoms with Gasteiger partial charge in [-0.15, -0.1) is 0 Å². The molecule has 4 nitrogen and oxygen atoms in total. The first-order valence-corrected chi connectivity index (χ1v) is 6.52. The average Bonchev–Trinajstić information content (AvgIpc) is 2.53. The molecule has 0 aliphatic carbocycles. The first kappa shape index (κ1) is 14.5. The SMILES string of the molecule is NCc1ccc(C(O)COc2cccc(CO)c2)cc1. The Morgan fingerprint density at radius 2 is 1.80 bits per heavy atom. The normalized spacial score (nSPS) is 12.2. The zero-order valence-electron chi connectivity index (χ0n) is 11.2. The monoisotopic (exact) mass is 273 g/mol. The maximum Gasteiger partial charge on any atom is 0.119 e. The highest BCUT2D eigenvalue weighted by Gasteiger charge is 2.08. The minimum absolute atomic E-state index is 0.0275. The number of ether oxygens (including phenoxy) is 1. The van der Waals surface area contributed by atoms with Crippen LogP contribution in [0.25, 0.3) is 0 Å². The van der Waals surface area contributed by atoms with Crippen molar-refractivity contribution in [3.05, 3.63) is 65.2 Å². The lowest BCUT2D eigenvalue weighted by atomic mass is 10.1. The molecule has 0 saturated heterocycles. The van der Waals surface area contributed by atoms with Gasteiger partial charge in [0.25, 0.3) is 0 Å². The number of nitrogens with two attached hydrogens (primary N) is 1. The van der Waals surface area contributed by atoms with Crippen LogP contribution in [0.3, 0.4) is 0 Å². The van der Waals surface area contributed by atoms with E-state index >= 15 is 0 Å². The summed E-state index contributed by atoms with van der Waals surface area (Å²) in [4.78, 5) is 0. The molecule has 4 heteroatoms. The van der Waals surface area contributed by atoms with Gasteiger partial charge >= 0.3 is 0 Å². The summed E-state index contributed by atoms with van der Waals surface area (Å²) in [6, 6.07) is 14.7. The molecule has 0 aliphatic heterocycles. The van der Waals surface area contributed by atoms with E-state index in [1.54, 1.807) is 12.1 Å². The summed E-state index contributed by atoms with van der Waals surface area (Å²) in [6.07, 6.45) is -0.695. The smallest absolute Gasteiger partial charge is 0.119 e. The Labute approximate surface area is 118 Å². The Morgan fingerprint density at radius 3 is 2.45 bits per heavy atom. The maximum atomic E-state index is 10.1. The van der Waals surface area contributed by atoms with E-state index in [2.05, 4.69) is 0 Å². The second-order valence-corrected chi connectivity index (χ2v) is 4.58.